The van der Waals surface area contributed by atoms with Crippen molar-refractivity contribution in [2.45, 2.75) is 25.7 Å². The number of benzene rings is 1. The van der Waals surface area contributed by atoms with Gasteiger partial charge in [0.1, 0.15) is 11.5 Å². The molecule has 4 nitrogen and oxygen atoms in total. The van der Waals surface area contributed by atoms with Gasteiger partial charge in [0, 0.05) is 5.56 Å². The van der Waals surface area contributed by atoms with Crippen molar-refractivity contribution in [1.82, 2.24) is 9.66 Å². The Morgan fingerprint density at radius 2 is 2.12 bits per heavy atom. The van der Waals surface area contributed by atoms with E-state index < -0.39 is 0 Å². The van der Waals surface area contributed by atoms with Gasteiger partial charge in [-0.1, -0.05) is 18.2 Å². The number of nitrogens with zero attached hydrogens (tertiary/aromatic N) is 2. The van der Waals surface area contributed by atoms with Crippen LogP contribution in [0.5, 0.6) is 0 Å². The third-order valence-electron chi connectivity index (χ3n) is 3.33. The van der Waals surface area contributed by atoms with Crippen molar-refractivity contribution in [3.8, 4) is 11.3 Å². The fraction of sp³-hybridized carbons (Fsp3) is 0.308. The molecule has 1 aliphatic rings. The number of imidazole rings is 1. The summed E-state index contributed by atoms with van der Waals surface area (Å²) in [5.74, 6) is 7.77. The Morgan fingerprint density at radius 1 is 1.35 bits per heavy atom. The summed E-state index contributed by atoms with van der Waals surface area (Å²) < 4.78 is 1.43. The molecule has 1 aromatic carbocycles. The van der Waals surface area contributed by atoms with Crippen molar-refractivity contribution in [2.75, 3.05) is 11.6 Å². The largest absolute Gasteiger partial charge is 0.382 e. The molecule has 1 aliphatic carbocycles. The Morgan fingerprint density at radius 3 is 2.71 bits per heavy atom. The van der Waals surface area contributed by atoms with E-state index >= 15 is 0 Å². The Bertz CT molecular complexity index is 567. The van der Waals surface area contributed by atoms with Crippen LogP contribution in [0.1, 0.15) is 30.1 Å². The number of nitrogens with two attached hydrogens (primary N) is 2. The van der Waals surface area contributed by atoms with Gasteiger partial charge in [-0.05, 0) is 37.3 Å². The van der Waals surface area contributed by atoms with Crippen LogP contribution in [0.15, 0.2) is 24.3 Å². The van der Waals surface area contributed by atoms with E-state index in [1.54, 1.807) is 0 Å². The lowest BCUT2D eigenvalue weighted by molar-refractivity contribution is 0.937. The fourth-order valence-electron chi connectivity index (χ4n) is 2.13. The molecule has 2 aromatic rings. The SMILES string of the molecule is Cc1nc(-c2cccc(C3CC3)c2)c(N)n1N. The Balaban J connectivity index is 2.08. The van der Waals surface area contributed by atoms with Crippen LogP contribution in [0.2, 0.25) is 0 Å². The average Bonchev–Trinajstić information content (AvgIpc) is 3.14. The molecule has 1 fully saturated rings. The van der Waals surface area contributed by atoms with E-state index in [2.05, 4.69) is 23.2 Å². The van der Waals surface area contributed by atoms with Crippen LogP contribution < -0.4 is 11.6 Å². The normalized spacial score (nSPS) is 15.1. The number of hydrogen-bond acceptors (Lipinski definition) is 3. The zero-order chi connectivity index (χ0) is 12.0. The van der Waals surface area contributed by atoms with Crippen molar-refractivity contribution in [2.24, 2.45) is 0 Å². The van der Waals surface area contributed by atoms with Crippen molar-refractivity contribution in [3.05, 3.63) is 35.7 Å². The topological polar surface area (TPSA) is 69.9 Å². The van der Waals surface area contributed by atoms with Crippen molar-refractivity contribution >= 4 is 5.82 Å². The van der Waals surface area contributed by atoms with Gasteiger partial charge in [-0.2, -0.15) is 0 Å². The quantitative estimate of drug-likeness (QED) is 0.773. The minimum atomic E-state index is 0.524. The zero-order valence-corrected chi connectivity index (χ0v) is 9.85. The number of hydrogen-bond donors (Lipinski definition) is 2. The highest BCUT2D eigenvalue weighted by Gasteiger charge is 2.24. The van der Waals surface area contributed by atoms with Crippen molar-refractivity contribution in [3.63, 3.8) is 0 Å². The van der Waals surface area contributed by atoms with E-state index in [0.29, 0.717) is 5.82 Å². The predicted molar refractivity (Wildman–Crippen MR) is 68.9 cm³/mol. The van der Waals surface area contributed by atoms with Gasteiger partial charge in [0.2, 0.25) is 0 Å². The van der Waals surface area contributed by atoms with Crippen LogP contribution in [0, 0.1) is 6.92 Å². The number of aryl methyl sites for hydroxylation is 1. The van der Waals surface area contributed by atoms with Gasteiger partial charge in [0.25, 0.3) is 0 Å². The van der Waals surface area contributed by atoms with Gasteiger partial charge < -0.3 is 11.6 Å². The molecule has 3 rings (SSSR count). The molecular formula is C13H16N4. The van der Waals surface area contributed by atoms with Crippen LogP contribution in [0.25, 0.3) is 11.3 Å². The number of anilines is 1. The first-order valence-electron chi connectivity index (χ1n) is 5.87. The second-order valence-electron chi connectivity index (χ2n) is 4.66. The zero-order valence-electron chi connectivity index (χ0n) is 9.85. The van der Waals surface area contributed by atoms with Crippen molar-refractivity contribution < 1.29 is 0 Å². The Labute approximate surface area is 100 Å². The summed E-state index contributed by atoms with van der Waals surface area (Å²) in [6.45, 7) is 1.85. The first kappa shape index (κ1) is 10.2. The van der Waals surface area contributed by atoms with Gasteiger partial charge in [-0.3, -0.25) is 0 Å². The number of aromatic nitrogens is 2. The first-order valence-corrected chi connectivity index (χ1v) is 5.87. The molecule has 4 N–H and O–H groups in total. The highest BCUT2D eigenvalue weighted by atomic mass is 15.4. The van der Waals surface area contributed by atoms with Crippen molar-refractivity contribution in [1.29, 1.82) is 0 Å². The summed E-state index contributed by atoms with van der Waals surface area (Å²) in [4.78, 5) is 4.41. The number of nitrogen functional groups attached to an aromatic ring is 2. The van der Waals surface area contributed by atoms with E-state index in [1.165, 1.54) is 23.1 Å². The lowest BCUT2D eigenvalue weighted by Crippen LogP contribution is -2.13. The van der Waals surface area contributed by atoms with Crippen LogP contribution in [-0.2, 0) is 0 Å². The van der Waals surface area contributed by atoms with E-state index in [-0.39, 0.29) is 0 Å². The highest BCUT2D eigenvalue weighted by molar-refractivity contribution is 5.71. The summed E-state index contributed by atoms with van der Waals surface area (Å²) in [5, 5.41) is 0. The molecule has 0 spiro atoms. The third kappa shape index (κ3) is 1.65. The van der Waals surface area contributed by atoms with Gasteiger partial charge in [-0.25, -0.2) is 9.66 Å². The third-order valence-corrected chi connectivity index (χ3v) is 3.33. The molecule has 1 saturated carbocycles. The van der Waals surface area contributed by atoms with E-state index in [1.807, 2.05) is 13.0 Å². The summed E-state index contributed by atoms with van der Waals surface area (Å²) in [6, 6.07) is 8.44. The average molecular weight is 228 g/mol. The van der Waals surface area contributed by atoms with Gasteiger partial charge in [0.15, 0.2) is 5.82 Å². The van der Waals surface area contributed by atoms with Gasteiger partial charge in [0.05, 0.1) is 0 Å². The molecule has 0 aliphatic heterocycles. The van der Waals surface area contributed by atoms with Crippen LogP contribution in [-0.4, -0.2) is 9.66 Å². The molecular weight excluding hydrogens is 212 g/mol. The maximum atomic E-state index is 5.95. The minimum Gasteiger partial charge on any atom is -0.382 e. The highest BCUT2D eigenvalue weighted by Crippen LogP contribution is 2.41. The van der Waals surface area contributed by atoms with Crippen LogP contribution in [0.4, 0.5) is 5.82 Å². The molecule has 1 heterocycles. The fourth-order valence-corrected chi connectivity index (χ4v) is 2.13. The van der Waals surface area contributed by atoms with Gasteiger partial charge in [-0.15, -0.1) is 0 Å². The second-order valence-corrected chi connectivity index (χ2v) is 4.66. The lowest BCUT2D eigenvalue weighted by Gasteiger charge is -2.03. The Kier molecular flexibility index (Phi) is 2.11. The molecule has 0 bridgehead atoms. The number of rotatable bonds is 2. The maximum absolute atomic E-state index is 5.95. The molecule has 0 saturated heterocycles. The predicted octanol–water partition coefficient (Wildman–Crippen LogP) is 2.03. The molecule has 17 heavy (non-hydrogen) atoms. The standard InChI is InChI=1S/C13H16N4/c1-8-16-12(13(14)17(8)15)11-4-2-3-10(7-11)9-5-6-9/h2-4,7,9H,5-6,14-15H2,1H3. The van der Waals surface area contributed by atoms with E-state index in [4.69, 9.17) is 11.6 Å². The molecule has 0 unspecified atom stereocenters. The molecule has 1 aromatic heterocycles. The molecule has 4 heteroatoms. The molecule has 0 amide bonds. The second kappa shape index (κ2) is 3.52. The van der Waals surface area contributed by atoms with Crippen LogP contribution >= 0.6 is 0 Å². The first-order chi connectivity index (χ1) is 8.16. The lowest BCUT2D eigenvalue weighted by atomic mass is 10.1. The summed E-state index contributed by atoms with van der Waals surface area (Å²) in [7, 11) is 0. The van der Waals surface area contributed by atoms with E-state index in [0.717, 1.165) is 23.0 Å². The molecule has 88 valence electrons. The maximum Gasteiger partial charge on any atom is 0.150 e. The molecule has 0 atom stereocenters. The summed E-state index contributed by atoms with van der Waals surface area (Å²) >= 11 is 0. The monoisotopic (exact) mass is 228 g/mol. The summed E-state index contributed by atoms with van der Waals surface area (Å²) in [5.41, 5.74) is 9.17. The van der Waals surface area contributed by atoms with Crippen LogP contribution in [0.3, 0.4) is 0 Å². The van der Waals surface area contributed by atoms with Gasteiger partial charge >= 0.3 is 0 Å². The Hall–Kier alpha value is -1.97. The minimum absolute atomic E-state index is 0.524. The summed E-state index contributed by atoms with van der Waals surface area (Å²) in [6.07, 6.45) is 2.59. The smallest absolute Gasteiger partial charge is 0.150 e. The molecule has 0 radical (unpaired) electrons. The van der Waals surface area contributed by atoms with E-state index in [9.17, 15) is 0 Å².